The first kappa shape index (κ1) is 43.8. The number of rotatable bonds is 9. The zero-order valence-corrected chi connectivity index (χ0v) is 37.5. The van der Waals surface area contributed by atoms with Gasteiger partial charge in [0.15, 0.2) is 34.6 Å². The number of amidine groups is 2. The number of aliphatic imine (C=N–C) groups is 2. The molecule has 0 bridgehead atoms. The molecule has 0 aliphatic carbocycles. The summed E-state index contributed by atoms with van der Waals surface area (Å²) in [4.78, 5) is 51.0. The highest BCUT2D eigenvalue weighted by atomic mass is 79.9. The van der Waals surface area contributed by atoms with Gasteiger partial charge >= 0.3 is 0 Å². The van der Waals surface area contributed by atoms with E-state index >= 15 is 0 Å². The lowest BCUT2D eigenvalue weighted by Crippen LogP contribution is -2.48. The Hall–Kier alpha value is -6.32. The topological polar surface area (TPSA) is 167 Å². The van der Waals surface area contributed by atoms with Crippen molar-refractivity contribution in [2.75, 3.05) is 14.2 Å². The van der Waals surface area contributed by atoms with Crippen molar-refractivity contribution < 1.29 is 34.2 Å². The number of allylic oxidation sites excluding steroid dienone is 4. The van der Waals surface area contributed by atoms with Gasteiger partial charge in [0.2, 0.25) is 0 Å². The zero-order valence-electron chi connectivity index (χ0n) is 34.3. The number of ketones is 2. The smallest absolute Gasteiger partial charge is 0.285 e. The lowest BCUT2D eigenvalue weighted by molar-refractivity contribution is -0.420. The third kappa shape index (κ3) is 8.46. The van der Waals surface area contributed by atoms with Crippen LogP contribution >= 0.6 is 31.9 Å². The Labute approximate surface area is 375 Å². The molecule has 0 spiro atoms. The number of Topliss-reactive ketones (excluding diaryl/α,β-unsaturated/α-hetero) is 2. The molecule has 0 fully saturated rings. The van der Waals surface area contributed by atoms with Gasteiger partial charge in [-0.15, -0.1) is 0 Å². The van der Waals surface area contributed by atoms with Crippen molar-refractivity contribution in [1.29, 1.82) is 0 Å². The fraction of sp³-hybridized carbons (Fsp3) is 0.234. The molecular weight excluding hydrogens is 922 g/mol. The summed E-state index contributed by atoms with van der Waals surface area (Å²) < 4.78 is 12.3. The predicted octanol–water partition coefficient (Wildman–Crippen LogP) is 9.69. The molecule has 62 heavy (non-hydrogen) atoms. The van der Waals surface area contributed by atoms with Crippen LogP contribution in [0.15, 0.2) is 152 Å². The standard InChI is InChI=1S/C24H22Br2N2O3.C23H21N3O5/c1-13-21(23(30)15-7-5-4-6-8-15)27-24-18(26)12-17(25)14(2)28(24)22(13)16-9-10-19(29)20(11-16)31-3;1-14-21(23(28)15-6-4-3-5-7-15)24-20-11-9-17(26(29)30)13-25(20)22(14)16-8-10-18(27)19(12-16)31-2/h4-13,21-22,29H,1-3H3;3-14,21-22,27H,1-2H3. The van der Waals surface area contributed by atoms with Crippen LogP contribution in [0.2, 0.25) is 0 Å². The van der Waals surface area contributed by atoms with Crippen molar-refractivity contribution in [2.24, 2.45) is 21.8 Å². The molecule has 8 rings (SSSR count). The number of fused-ring (bicyclic) bond motifs is 2. The Bertz CT molecular complexity index is 2610. The van der Waals surface area contributed by atoms with Crippen LogP contribution in [0.5, 0.6) is 23.0 Å². The highest BCUT2D eigenvalue weighted by molar-refractivity contribution is 9.12. The number of hydrogen-bond acceptors (Lipinski definition) is 12. The lowest BCUT2D eigenvalue weighted by Gasteiger charge is -2.46. The second-order valence-electron chi connectivity index (χ2n) is 15.1. The van der Waals surface area contributed by atoms with Crippen molar-refractivity contribution in [3.05, 3.63) is 174 Å². The Balaban J connectivity index is 0.000000186. The van der Waals surface area contributed by atoms with Gasteiger partial charge in [-0.05, 0) is 86.3 Å². The number of phenolic OH excluding ortho intramolecular Hbond substituents is 2. The van der Waals surface area contributed by atoms with E-state index in [4.69, 9.17) is 14.5 Å². The number of aromatic hydroxyl groups is 2. The number of halogens is 2. The highest BCUT2D eigenvalue weighted by Crippen LogP contribution is 2.46. The molecule has 4 heterocycles. The van der Waals surface area contributed by atoms with Gasteiger partial charge < -0.3 is 29.5 Å². The van der Waals surface area contributed by atoms with Gasteiger partial charge in [-0.1, -0.05) is 86.6 Å². The van der Waals surface area contributed by atoms with Crippen molar-refractivity contribution >= 4 is 55.1 Å². The third-order valence-electron chi connectivity index (χ3n) is 11.4. The number of ether oxygens (including phenoxy) is 2. The minimum absolute atomic E-state index is 0.0115. The van der Waals surface area contributed by atoms with Gasteiger partial charge in [-0.25, -0.2) is 0 Å². The summed E-state index contributed by atoms with van der Waals surface area (Å²) in [6.45, 7) is 5.96. The molecule has 0 radical (unpaired) electrons. The van der Waals surface area contributed by atoms with Gasteiger partial charge in [-0.3, -0.25) is 29.7 Å². The second-order valence-corrected chi connectivity index (χ2v) is 16.8. The maximum atomic E-state index is 13.4. The number of nitro groups is 1. The van der Waals surface area contributed by atoms with E-state index < -0.39 is 23.0 Å². The number of carbonyl (C=O) groups is 2. The molecule has 13 nitrogen and oxygen atoms in total. The van der Waals surface area contributed by atoms with Gasteiger partial charge in [0, 0.05) is 39.2 Å². The van der Waals surface area contributed by atoms with Crippen molar-refractivity contribution in [2.45, 2.75) is 44.9 Å². The monoisotopic (exact) mass is 963 g/mol. The van der Waals surface area contributed by atoms with E-state index in [0.29, 0.717) is 28.5 Å². The highest BCUT2D eigenvalue weighted by Gasteiger charge is 2.45. The average Bonchev–Trinajstić information content (AvgIpc) is 3.28. The number of benzene rings is 4. The molecule has 0 amide bonds. The maximum Gasteiger partial charge on any atom is 0.285 e. The second kappa shape index (κ2) is 18.3. The maximum absolute atomic E-state index is 13.4. The summed E-state index contributed by atoms with van der Waals surface area (Å²) in [6.07, 6.45) is 6.32. The summed E-state index contributed by atoms with van der Waals surface area (Å²) in [5, 5.41) is 31.5. The predicted molar refractivity (Wildman–Crippen MR) is 244 cm³/mol. The SMILES string of the molecule is COc1cc(C2C(C)C(C(=O)c3ccccc3)N=C3C(Br)=CC(Br)=C(C)N32)ccc1O.COc1cc(C2C(C)C(C(=O)c3ccccc3)N=C3C=CC([N+](=O)[O-])=CN32)ccc1O. The van der Waals surface area contributed by atoms with Crippen LogP contribution in [0.1, 0.15) is 64.7 Å². The Kier molecular flexibility index (Phi) is 12.9. The van der Waals surface area contributed by atoms with Crippen LogP contribution in [0, 0.1) is 22.0 Å². The largest absolute Gasteiger partial charge is 0.504 e. The molecule has 6 atom stereocenters. The first-order valence-electron chi connectivity index (χ1n) is 19.7. The van der Waals surface area contributed by atoms with Crippen LogP contribution in [-0.4, -0.2) is 74.5 Å². The summed E-state index contributed by atoms with van der Waals surface area (Å²) in [5.74, 6) is 1.34. The molecule has 0 saturated heterocycles. The number of methoxy groups -OCH3 is 2. The van der Waals surface area contributed by atoms with E-state index in [1.54, 1.807) is 53.4 Å². The molecule has 15 heteroatoms. The van der Waals surface area contributed by atoms with E-state index in [0.717, 1.165) is 25.8 Å². The Morgan fingerprint density at radius 3 is 1.76 bits per heavy atom. The fourth-order valence-corrected chi connectivity index (χ4v) is 9.48. The van der Waals surface area contributed by atoms with Crippen LogP contribution in [0.25, 0.3) is 0 Å². The van der Waals surface area contributed by atoms with Crippen LogP contribution in [0.3, 0.4) is 0 Å². The van der Waals surface area contributed by atoms with Gasteiger partial charge in [0.05, 0.1) is 41.9 Å². The molecule has 318 valence electrons. The number of nitrogens with zero attached hydrogens (tertiary/aromatic N) is 5. The first-order valence-corrected chi connectivity index (χ1v) is 21.3. The molecule has 4 aliphatic rings. The third-order valence-corrected chi connectivity index (χ3v) is 12.8. The normalized spacial score (nSPS) is 22.7. The molecule has 4 aromatic rings. The molecule has 0 aromatic heterocycles. The summed E-state index contributed by atoms with van der Waals surface area (Å²) >= 11 is 7.28. The quantitative estimate of drug-likeness (QED) is 0.0937. The summed E-state index contributed by atoms with van der Waals surface area (Å²) in [6, 6.07) is 26.6. The van der Waals surface area contributed by atoms with E-state index in [-0.39, 0.29) is 52.4 Å². The number of phenols is 2. The molecule has 0 saturated carbocycles. The Morgan fingerprint density at radius 1 is 0.742 bits per heavy atom. The van der Waals surface area contributed by atoms with Gasteiger partial charge in [-0.2, -0.15) is 0 Å². The molecular formula is C47H43Br2N5O8. The van der Waals surface area contributed by atoms with Gasteiger partial charge in [0.25, 0.3) is 5.70 Å². The van der Waals surface area contributed by atoms with E-state index in [1.807, 2.05) is 75.4 Å². The average molecular weight is 966 g/mol. The van der Waals surface area contributed by atoms with Crippen LogP contribution < -0.4 is 9.47 Å². The zero-order chi connectivity index (χ0) is 44.4. The fourth-order valence-electron chi connectivity index (χ4n) is 8.23. The summed E-state index contributed by atoms with van der Waals surface area (Å²) in [7, 11) is 2.98. The van der Waals surface area contributed by atoms with Crippen LogP contribution in [0.4, 0.5) is 0 Å². The minimum atomic E-state index is -0.673. The Morgan fingerprint density at radius 2 is 1.24 bits per heavy atom. The van der Waals surface area contributed by atoms with E-state index in [1.165, 1.54) is 32.6 Å². The van der Waals surface area contributed by atoms with Crippen LogP contribution in [-0.2, 0) is 0 Å². The number of carbonyl (C=O) groups excluding carboxylic acids is 2. The molecule has 2 N–H and O–H groups in total. The van der Waals surface area contributed by atoms with Gasteiger partial charge in [0.1, 0.15) is 23.8 Å². The lowest BCUT2D eigenvalue weighted by atomic mass is 9.81. The first-order chi connectivity index (χ1) is 29.7. The number of hydrogen-bond donors (Lipinski definition) is 2. The minimum Gasteiger partial charge on any atom is -0.504 e. The van der Waals surface area contributed by atoms with E-state index in [9.17, 15) is 29.9 Å². The molecule has 6 unspecified atom stereocenters. The van der Waals surface area contributed by atoms with E-state index in [2.05, 4.69) is 41.8 Å². The van der Waals surface area contributed by atoms with Crippen molar-refractivity contribution in [3.8, 4) is 23.0 Å². The molecule has 4 aliphatic heterocycles. The van der Waals surface area contributed by atoms with Crippen molar-refractivity contribution in [3.63, 3.8) is 0 Å². The molecule has 4 aromatic carbocycles. The van der Waals surface area contributed by atoms with Crippen molar-refractivity contribution in [1.82, 2.24) is 9.80 Å². The summed E-state index contributed by atoms with van der Waals surface area (Å²) in [5.41, 5.74) is 3.80.